The lowest BCUT2D eigenvalue weighted by molar-refractivity contribution is -0.114. The van der Waals surface area contributed by atoms with Gasteiger partial charge in [-0.3, -0.25) is 9.35 Å². The number of nitrogens with zero attached hydrogens (tertiary/aromatic N) is 4. The molecule has 0 saturated heterocycles. The highest BCUT2D eigenvalue weighted by molar-refractivity contribution is 7.85. The van der Waals surface area contributed by atoms with Gasteiger partial charge in [0.05, 0.1) is 27.3 Å². The first-order valence-corrected chi connectivity index (χ1v) is 17.2. The molecule has 0 aromatic heterocycles. The van der Waals surface area contributed by atoms with E-state index in [2.05, 4.69) is 31.1 Å². The Hall–Kier alpha value is -6.18. The Morgan fingerprint density at radius 1 is 0.686 bits per heavy atom. The van der Waals surface area contributed by atoms with Crippen molar-refractivity contribution in [3.05, 3.63) is 107 Å². The van der Waals surface area contributed by atoms with Gasteiger partial charge in [-0.25, -0.2) is 0 Å². The van der Waals surface area contributed by atoms with Crippen molar-refractivity contribution in [2.75, 3.05) is 10.6 Å². The van der Waals surface area contributed by atoms with Crippen LogP contribution in [0.3, 0.4) is 0 Å². The van der Waals surface area contributed by atoms with E-state index in [9.17, 15) is 28.0 Å². The number of aromatic hydroxyl groups is 2. The number of carbonyl (C=O) groups excluding carboxylic acids is 1. The molecule has 1 amide bonds. The number of phenolic OH excluding ortho intramolecular Hbond substituents is 2. The van der Waals surface area contributed by atoms with Gasteiger partial charge in [0.25, 0.3) is 10.1 Å². The summed E-state index contributed by atoms with van der Waals surface area (Å²) < 4.78 is 32.6. The van der Waals surface area contributed by atoms with Crippen molar-refractivity contribution in [3.8, 4) is 11.5 Å². The van der Waals surface area contributed by atoms with Gasteiger partial charge in [0.2, 0.25) is 5.91 Å². The van der Waals surface area contributed by atoms with E-state index in [1.807, 2.05) is 45.0 Å². The predicted molar refractivity (Wildman–Crippen MR) is 199 cm³/mol. The van der Waals surface area contributed by atoms with Crippen LogP contribution in [-0.2, 0) is 14.9 Å². The Bertz CT molecular complexity index is 2560. The van der Waals surface area contributed by atoms with Crippen LogP contribution in [0.1, 0.15) is 29.2 Å². The van der Waals surface area contributed by atoms with E-state index in [1.165, 1.54) is 25.1 Å². The van der Waals surface area contributed by atoms with Gasteiger partial charge in [-0.05, 0) is 121 Å². The quantitative estimate of drug-likeness (QED) is 0.0771. The van der Waals surface area contributed by atoms with Crippen molar-refractivity contribution in [3.63, 3.8) is 0 Å². The molecule has 0 atom stereocenters. The van der Waals surface area contributed by atoms with Crippen LogP contribution in [0.4, 0.5) is 39.8 Å². The minimum atomic E-state index is -4.38. The molecule has 0 spiro atoms. The molecule has 6 aromatic rings. The maximum atomic E-state index is 12.2. The van der Waals surface area contributed by atoms with Crippen LogP contribution < -0.4 is 10.6 Å². The smallest absolute Gasteiger partial charge is 0.294 e. The lowest BCUT2D eigenvalue weighted by Gasteiger charge is -2.12. The normalized spacial score (nSPS) is 12.0. The third kappa shape index (κ3) is 7.54. The number of benzene rings is 6. The molecule has 0 aliphatic carbocycles. The summed E-state index contributed by atoms with van der Waals surface area (Å²) in [4.78, 5) is 11.9. The third-order valence-corrected chi connectivity index (χ3v) is 8.99. The third-order valence-electron chi connectivity index (χ3n) is 8.14. The average Bonchev–Trinajstić information content (AvgIpc) is 3.04. The first kappa shape index (κ1) is 34.7. The van der Waals surface area contributed by atoms with Gasteiger partial charge in [0, 0.05) is 23.7 Å². The van der Waals surface area contributed by atoms with Crippen molar-refractivity contribution < 1.29 is 28.0 Å². The maximum absolute atomic E-state index is 12.2. The minimum absolute atomic E-state index is 0.0955. The summed E-state index contributed by atoms with van der Waals surface area (Å²) in [6.45, 7) is 8.82. The molecule has 0 heterocycles. The molecule has 0 aliphatic heterocycles. The molecule has 0 unspecified atom stereocenters. The Morgan fingerprint density at radius 2 is 1.37 bits per heavy atom. The van der Waals surface area contributed by atoms with Crippen molar-refractivity contribution in [2.45, 2.75) is 39.5 Å². The molecule has 258 valence electrons. The van der Waals surface area contributed by atoms with Gasteiger partial charge in [-0.2, -0.15) is 13.5 Å². The molecule has 0 radical (unpaired) electrons. The molecule has 6 aromatic carbocycles. The summed E-state index contributed by atoms with van der Waals surface area (Å²) in [5.41, 5.74) is 6.02. The fourth-order valence-corrected chi connectivity index (χ4v) is 6.35. The molecule has 51 heavy (non-hydrogen) atoms. The van der Waals surface area contributed by atoms with E-state index in [0.29, 0.717) is 56.0 Å². The van der Waals surface area contributed by atoms with Crippen molar-refractivity contribution in [1.29, 1.82) is 0 Å². The number of aryl methyl sites for hydroxylation is 4. The van der Waals surface area contributed by atoms with E-state index in [0.717, 1.165) is 21.9 Å². The number of carbonyl (C=O) groups is 1. The van der Waals surface area contributed by atoms with Gasteiger partial charge in [-0.15, -0.1) is 15.3 Å². The Balaban J connectivity index is 1.34. The fraction of sp³-hybridized carbons (Fsp3) is 0.132. The second-order valence-electron chi connectivity index (χ2n) is 12.4. The van der Waals surface area contributed by atoms with E-state index in [1.54, 1.807) is 49.4 Å². The van der Waals surface area contributed by atoms with Crippen LogP contribution in [-0.4, -0.2) is 29.1 Å². The SMILES string of the molecule is CC(=O)Nc1cc(N=Nc2c(C)cc3ccc(Nc4cccc(S(=O)(=O)O)c4)cc3c2O)c(C)cc1N=Nc1cc(C)cc2cc(C)cc(O)c12. The summed E-state index contributed by atoms with van der Waals surface area (Å²) in [5.74, 6) is -0.347. The summed E-state index contributed by atoms with van der Waals surface area (Å²) in [6.07, 6.45) is 0. The Kier molecular flexibility index (Phi) is 9.26. The molecule has 0 saturated carbocycles. The number of azo groups is 2. The fourth-order valence-electron chi connectivity index (χ4n) is 5.82. The molecule has 5 N–H and O–H groups in total. The second kappa shape index (κ2) is 13.6. The molecule has 6 rings (SSSR count). The molecular weight excluding hydrogens is 669 g/mol. The zero-order valence-corrected chi connectivity index (χ0v) is 29.2. The van der Waals surface area contributed by atoms with Crippen LogP contribution in [0.25, 0.3) is 21.5 Å². The largest absolute Gasteiger partial charge is 0.507 e. The summed E-state index contributed by atoms with van der Waals surface area (Å²) in [5, 5.41) is 48.3. The van der Waals surface area contributed by atoms with Crippen LogP contribution in [0.5, 0.6) is 11.5 Å². The lowest BCUT2D eigenvalue weighted by atomic mass is 10.0. The monoisotopic (exact) mass is 702 g/mol. The summed E-state index contributed by atoms with van der Waals surface area (Å²) >= 11 is 0. The van der Waals surface area contributed by atoms with Crippen molar-refractivity contribution in [2.24, 2.45) is 20.5 Å². The number of rotatable bonds is 8. The van der Waals surface area contributed by atoms with E-state index in [4.69, 9.17) is 0 Å². The highest BCUT2D eigenvalue weighted by Gasteiger charge is 2.15. The summed E-state index contributed by atoms with van der Waals surface area (Å²) in [6, 6.07) is 23.6. The molecular formula is C38H34N6O6S. The average molecular weight is 703 g/mol. The van der Waals surface area contributed by atoms with Gasteiger partial charge in [0.15, 0.2) is 5.75 Å². The standard InChI is InChI=1S/C38H34N6O6S/c1-20-11-26-12-21(2)14-35(46)36(26)34(13-20)43-42-33-16-22(3)31(19-32(33)39-24(5)45)41-44-37-23(4)15-25-9-10-28(18-30(25)38(37)47)40-27-7-6-8-29(17-27)51(48,49)50/h6-19,40,46-47H,1-5H3,(H,39,45)(H,48,49,50). The van der Waals surface area contributed by atoms with Gasteiger partial charge >= 0.3 is 0 Å². The number of anilines is 3. The van der Waals surface area contributed by atoms with E-state index < -0.39 is 10.1 Å². The van der Waals surface area contributed by atoms with Crippen molar-refractivity contribution >= 4 is 77.4 Å². The second-order valence-corrected chi connectivity index (χ2v) is 13.8. The number of hydrogen-bond acceptors (Lipinski definition) is 10. The molecule has 0 fully saturated rings. The molecule has 0 aliphatic rings. The number of nitrogens with one attached hydrogen (secondary N) is 2. The number of hydrogen-bond donors (Lipinski definition) is 5. The predicted octanol–water partition coefficient (Wildman–Crippen LogP) is 10.4. The molecule has 13 heteroatoms. The summed E-state index contributed by atoms with van der Waals surface area (Å²) in [7, 11) is -4.38. The zero-order valence-electron chi connectivity index (χ0n) is 28.3. The number of amides is 1. The van der Waals surface area contributed by atoms with Crippen LogP contribution in [0.2, 0.25) is 0 Å². The van der Waals surface area contributed by atoms with Gasteiger partial charge in [0.1, 0.15) is 17.1 Å². The topological polar surface area (TPSA) is 185 Å². The van der Waals surface area contributed by atoms with Crippen LogP contribution in [0.15, 0.2) is 110 Å². The first-order valence-electron chi connectivity index (χ1n) is 15.8. The van der Waals surface area contributed by atoms with Crippen LogP contribution >= 0.6 is 0 Å². The number of phenols is 2. The first-order chi connectivity index (χ1) is 24.2. The van der Waals surface area contributed by atoms with Crippen molar-refractivity contribution in [1.82, 2.24) is 0 Å². The van der Waals surface area contributed by atoms with Crippen LogP contribution in [0, 0.1) is 27.7 Å². The molecule has 12 nitrogen and oxygen atoms in total. The van der Waals surface area contributed by atoms with E-state index >= 15 is 0 Å². The Morgan fingerprint density at radius 3 is 2.10 bits per heavy atom. The minimum Gasteiger partial charge on any atom is -0.507 e. The van der Waals surface area contributed by atoms with E-state index in [-0.39, 0.29) is 28.0 Å². The highest BCUT2D eigenvalue weighted by Crippen LogP contribution is 2.42. The zero-order chi connectivity index (χ0) is 36.6. The Labute approximate surface area is 294 Å². The number of fused-ring (bicyclic) bond motifs is 2. The van der Waals surface area contributed by atoms with Gasteiger partial charge in [-0.1, -0.05) is 24.3 Å². The molecule has 0 bridgehead atoms. The lowest BCUT2D eigenvalue weighted by Crippen LogP contribution is -2.05. The van der Waals surface area contributed by atoms with Gasteiger partial charge < -0.3 is 20.8 Å². The highest BCUT2D eigenvalue weighted by atomic mass is 32.2. The maximum Gasteiger partial charge on any atom is 0.294 e.